The summed E-state index contributed by atoms with van der Waals surface area (Å²) in [7, 11) is 2.08. The lowest BCUT2D eigenvalue weighted by atomic mass is 9.75. The third-order valence-electron chi connectivity index (χ3n) is 3.04. The smallest absolute Gasteiger partial charge is 0.216 e. The van der Waals surface area contributed by atoms with Crippen LogP contribution in [0.1, 0.15) is 53.9 Å². The quantitative estimate of drug-likeness (QED) is 0.507. The molecule has 0 bridgehead atoms. The van der Waals surface area contributed by atoms with Gasteiger partial charge in [-0.2, -0.15) is 0 Å². The van der Waals surface area contributed by atoms with Gasteiger partial charge >= 0.3 is 0 Å². The maximum Gasteiger partial charge on any atom is 0.216 e. The summed E-state index contributed by atoms with van der Waals surface area (Å²) in [5.74, 6) is 0.650. The summed E-state index contributed by atoms with van der Waals surface area (Å²) in [5.41, 5.74) is -0.0986. The van der Waals surface area contributed by atoms with Crippen molar-refractivity contribution in [3.05, 3.63) is 0 Å². The number of carbonyl (C=O) groups excluding carboxylic acids is 1. The molecular weight excluding hydrogens is 225 g/mol. The second-order valence-corrected chi connectivity index (χ2v) is 5.79. The van der Waals surface area contributed by atoms with Crippen molar-refractivity contribution in [2.24, 2.45) is 5.92 Å². The van der Waals surface area contributed by atoms with Crippen molar-refractivity contribution in [2.75, 3.05) is 6.54 Å². The first kappa shape index (κ1) is 17.5. The van der Waals surface area contributed by atoms with Gasteiger partial charge in [0.05, 0.1) is 5.60 Å². The number of nitrogens with one attached hydrogen (secondary N) is 1. The summed E-state index contributed by atoms with van der Waals surface area (Å²) in [5, 5.41) is 2.84. The second kappa shape index (κ2) is 8.57. The van der Waals surface area contributed by atoms with Crippen LogP contribution in [0.15, 0.2) is 0 Å². The molecule has 0 aromatic rings. The predicted molar refractivity (Wildman–Crippen MR) is 77.9 cm³/mol. The largest absolute Gasteiger partial charge is 0.381 e. The Morgan fingerprint density at radius 1 is 1.39 bits per heavy atom. The van der Waals surface area contributed by atoms with E-state index in [2.05, 4.69) is 40.3 Å². The molecule has 4 heteroatoms. The Morgan fingerprint density at radius 3 is 2.44 bits per heavy atom. The normalized spacial score (nSPS) is 16.2. The molecule has 1 amide bonds. The summed E-state index contributed by atoms with van der Waals surface area (Å²) < 4.78 is 6.14. The summed E-state index contributed by atoms with van der Waals surface area (Å²) in [6, 6.07) is 0.175. The molecule has 0 spiro atoms. The third-order valence-corrected chi connectivity index (χ3v) is 3.04. The SMILES string of the molecule is C[B]C(C)OC(C)(CCCNC(C)=O)CC(C)C. The van der Waals surface area contributed by atoms with Crippen molar-refractivity contribution in [2.45, 2.75) is 72.3 Å². The van der Waals surface area contributed by atoms with Gasteiger partial charge in [-0.05, 0) is 39.0 Å². The molecule has 0 rings (SSSR count). The molecule has 2 unspecified atom stereocenters. The molecule has 105 valence electrons. The first-order valence-electron chi connectivity index (χ1n) is 7.01. The van der Waals surface area contributed by atoms with Crippen LogP contribution in [0.3, 0.4) is 0 Å². The first-order chi connectivity index (χ1) is 8.29. The maximum atomic E-state index is 10.8. The van der Waals surface area contributed by atoms with E-state index in [9.17, 15) is 4.79 Å². The molecule has 18 heavy (non-hydrogen) atoms. The van der Waals surface area contributed by atoms with Gasteiger partial charge in [-0.1, -0.05) is 20.7 Å². The zero-order valence-electron chi connectivity index (χ0n) is 12.9. The molecule has 0 aliphatic heterocycles. The second-order valence-electron chi connectivity index (χ2n) is 5.79. The minimum Gasteiger partial charge on any atom is -0.381 e. The Hall–Kier alpha value is -0.505. The molecule has 1 radical (unpaired) electrons. The molecule has 0 saturated carbocycles. The van der Waals surface area contributed by atoms with Crippen LogP contribution >= 0.6 is 0 Å². The van der Waals surface area contributed by atoms with Gasteiger partial charge in [0.2, 0.25) is 5.91 Å². The monoisotopic (exact) mass is 254 g/mol. The highest BCUT2D eigenvalue weighted by Gasteiger charge is 2.27. The lowest BCUT2D eigenvalue weighted by Gasteiger charge is -2.34. The Morgan fingerprint density at radius 2 is 2.00 bits per heavy atom. The van der Waals surface area contributed by atoms with E-state index in [0.717, 1.165) is 25.8 Å². The fraction of sp³-hybridized carbons (Fsp3) is 0.929. The van der Waals surface area contributed by atoms with Gasteiger partial charge in [-0.15, -0.1) is 0 Å². The van der Waals surface area contributed by atoms with Crippen LogP contribution in [0, 0.1) is 5.92 Å². The number of hydrogen-bond acceptors (Lipinski definition) is 2. The average molecular weight is 254 g/mol. The van der Waals surface area contributed by atoms with E-state index in [0.29, 0.717) is 5.92 Å². The lowest BCUT2D eigenvalue weighted by molar-refractivity contribution is -0.119. The van der Waals surface area contributed by atoms with Gasteiger partial charge < -0.3 is 10.1 Å². The van der Waals surface area contributed by atoms with Crippen molar-refractivity contribution in [1.29, 1.82) is 0 Å². The van der Waals surface area contributed by atoms with Crippen LogP contribution in [-0.2, 0) is 9.53 Å². The standard InChI is InChI=1S/C14H29BNO2/c1-11(2)10-14(5,18-12(3)15-6)8-7-9-16-13(4)17/h11-12H,7-10H2,1-6H3,(H,16,17). The minimum atomic E-state index is -0.0986. The highest BCUT2D eigenvalue weighted by molar-refractivity contribution is 6.35. The third kappa shape index (κ3) is 8.57. The fourth-order valence-corrected chi connectivity index (χ4v) is 2.32. The zero-order chi connectivity index (χ0) is 14.2. The van der Waals surface area contributed by atoms with E-state index >= 15 is 0 Å². The van der Waals surface area contributed by atoms with Crippen LogP contribution < -0.4 is 5.32 Å². The summed E-state index contributed by atoms with van der Waals surface area (Å²) in [4.78, 5) is 10.8. The maximum absolute atomic E-state index is 10.8. The topological polar surface area (TPSA) is 38.3 Å². The van der Waals surface area contributed by atoms with Crippen LogP contribution in [0.25, 0.3) is 0 Å². The van der Waals surface area contributed by atoms with Crippen molar-refractivity contribution in [1.82, 2.24) is 5.32 Å². The van der Waals surface area contributed by atoms with Gasteiger partial charge in [0.25, 0.3) is 0 Å². The first-order valence-corrected chi connectivity index (χ1v) is 7.01. The highest BCUT2D eigenvalue weighted by atomic mass is 16.5. The van der Waals surface area contributed by atoms with E-state index in [1.807, 2.05) is 6.82 Å². The average Bonchev–Trinajstić information content (AvgIpc) is 2.22. The predicted octanol–water partition coefficient (Wildman–Crippen LogP) is 2.82. The van der Waals surface area contributed by atoms with Gasteiger partial charge in [0.1, 0.15) is 7.28 Å². The zero-order valence-corrected chi connectivity index (χ0v) is 12.9. The molecule has 0 saturated heterocycles. The Labute approximate surface area is 113 Å². The highest BCUT2D eigenvalue weighted by Crippen LogP contribution is 2.27. The van der Waals surface area contributed by atoms with E-state index in [4.69, 9.17) is 4.74 Å². The number of amides is 1. The van der Waals surface area contributed by atoms with E-state index in [-0.39, 0.29) is 17.5 Å². The molecule has 0 aliphatic rings. The fourth-order valence-electron chi connectivity index (χ4n) is 2.32. The number of ether oxygens (including phenoxy) is 1. The molecular formula is C14H29BNO2. The molecule has 3 nitrogen and oxygen atoms in total. The van der Waals surface area contributed by atoms with Gasteiger partial charge in [-0.25, -0.2) is 0 Å². The molecule has 0 aromatic heterocycles. The van der Waals surface area contributed by atoms with Crippen molar-refractivity contribution in [3.63, 3.8) is 0 Å². The van der Waals surface area contributed by atoms with Gasteiger partial charge in [0, 0.05) is 19.5 Å². The van der Waals surface area contributed by atoms with Crippen molar-refractivity contribution < 1.29 is 9.53 Å². The molecule has 0 aromatic carbocycles. The van der Waals surface area contributed by atoms with Crippen molar-refractivity contribution >= 4 is 13.2 Å². The summed E-state index contributed by atoms with van der Waals surface area (Å²) in [6.45, 7) is 13.0. The lowest BCUT2D eigenvalue weighted by Crippen LogP contribution is -2.37. The number of hydrogen-bond donors (Lipinski definition) is 1. The molecule has 0 aliphatic carbocycles. The Kier molecular flexibility index (Phi) is 8.33. The van der Waals surface area contributed by atoms with Crippen LogP contribution in [0.4, 0.5) is 0 Å². The molecule has 0 fully saturated rings. The number of rotatable bonds is 9. The summed E-state index contributed by atoms with van der Waals surface area (Å²) >= 11 is 0. The van der Waals surface area contributed by atoms with Gasteiger partial charge in [-0.3, -0.25) is 4.79 Å². The molecule has 2 atom stereocenters. The van der Waals surface area contributed by atoms with E-state index in [1.54, 1.807) is 6.92 Å². The van der Waals surface area contributed by atoms with Crippen LogP contribution in [0.5, 0.6) is 0 Å². The van der Waals surface area contributed by atoms with Crippen LogP contribution in [-0.4, -0.2) is 31.3 Å². The van der Waals surface area contributed by atoms with E-state index < -0.39 is 0 Å². The summed E-state index contributed by atoms with van der Waals surface area (Å²) in [6.07, 6.45) is 2.98. The van der Waals surface area contributed by atoms with E-state index in [1.165, 1.54) is 0 Å². The molecule has 0 heterocycles. The van der Waals surface area contributed by atoms with Crippen LogP contribution in [0.2, 0.25) is 6.82 Å². The Bertz CT molecular complexity index is 246. The van der Waals surface area contributed by atoms with Gasteiger partial charge in [0.15, 0.2) is 0 Å². The minimum absolute atomic E-state index is 0.0386. The number of carbonyl (C=O) groups is 1. The van der Waals surface area contributed by atoms with Crippen molar-refractivity contribution in [3.8, 4) is 0 Å². The molecule has 1 N–H and O–H groups in total. The Balaban J connectivity index is 4.24.